The van der Waals surface area contributed by atoms with Gasteiger partial charge in [-0.25, -0.2) is 4.79 Å². The van der Waals surface area contributed by atoms with Crippen molar-refractivity contribution in [3.8, 4) is 0 Å². The summed E-state index contributed by atoms with van der Waals surface area (Å²) < 4.78 is 9.71. The van der Waals surface area contributed by atoms with Crippen LogP contribution in [0, 0.1) is 5.92 Å². The van der Waals surface area contributed by atoms with E-state index in [0.29, 0.717) is 0 Å². The lowest BCUT2D eigenvalue weighted by Gasteiger charge is -2.22. The fourth-order valence-electron chi connectivity index (χ4n) is 1.52. The van der Waals surface area contributed by atoms with Gasteiger partial charge in [0.1, 0.15) is 11.6 Å². The Morgan fingerprint density at radius 2 is 1.84 bits per heavy atom. The van der Waals surface area contributed by atoms with E-state index in [0.717, 1.165) is 12.8 Å². The Balaban J connectivity index is 2.56. The van der Waals surface area contributed by atoms with Gasteiger partial charge in [0.05, 0.1) is 13.5 Å². The first-order chi connectivity index (χ1) is 8.73. The Kier molecular flexibility index (Phi) is 4.91. The van der Waals surface area contributed by atoms with Gasteiger partial charge in [-0.15, -0.1) is 0 Å². The molecule has 1 aliphatic rings. The second kappa shape index (κ2) is 6.04. The summed E-state index contributed by atoms with van der Waals surface area (Å²) in [4.78, 5) is 34.9. The Hall–Kier alpha value is -1.59. The molecule has 0 aromatic heterocycles. The zero-order valence-electron chi connectivity index (χ0n) is 11.8. The van der Waals surface area contributed by atoms with Crippen LogP contribution in [0.5, 0.6) is 0 Å². The van der Waals surface area contributed by atoms with E-state index >= 15 is 0 Å². The summed E-state index contributed by atoms with van der Waals surface area (Å²) in [7, 11) is 1.22. The largest absolute Gasteiger partial charge is 0.467 e. The third-order valence-electron chi connectivity index (χ3n) is 2.54. The highest BCUT2D eigenvalue weighted by Gasteiger charge is 2.34. The molecule has 1 fully saturated rings. The summed E-state index contributed by atoms with van der Waals surface area (Å²) >= 11 is 0. The minimum Gasteiger partial charge on any atom is -0.467 e. The molecule has 108 valence electrons. The molecule has 0 heterocycles. The highest BCUT2D eigenvalue weighted by atomic mass is 16.6. The topological polar surface area (TPSA) is 81.7 Å². The highest BCUT2D eigenvalue weighted by molar-refractivity contribution is 5.89. The van der Waals surface area contributed by atoms with Crippen molar-refractivity contribution in [2.24, 2.45) is 5.92 Å². The number of methoxy groups -OCH3 is 1. The first-order valence-electron chi connectivity index (χ1n) is 6.33. The van der Waals surface area contributed by atoms with Crippen LogP contribution in [-0.2, 0) is 23.9 Å². The SMILES string of the molecule is COC(=O)[C@H](CC(=O)OC(C)(C)C)NC(=O)C1CC1. The molecule has 1 saturated carbocycles. The average Bonchev–Trinajstić information content (AvgIpc) is 3.07. The average molecular weight is 271 g/mol. The van der Waals surface area contributed by atoms with E-state index in [1.54, 1.807) is 20.8 Å². The molecule has 0 aromatic carbocycles. The third kappa shape index (κ3) is 5.72. The second-order valence-electron chi connectivity index (χ2n) is 5.65. The highest BCUT2D eigenvalue weighted by Crippen LogP contribution is 2.29. The fraction of sp³-hybridized carbons (Fsp3) is 0.769. The van der Waals surface area contributed by atoms with E-state index in [1.807, 2.05) is 0 Å². The maximum absolute atomic E-state index is 11.7. The first kappa shape index (κ1) is 15.5. The van der Waals surface area contributed by atoms with Crippen LogP contribution >= 0.6 is 0 Å². The minimum atomic E-state index is -0.979. The van der Waals surface area contributed by atoms with E-state index < -0.39 is 23.6 Å². The van der Waals surface area contributed by atoms with E-state index in [1.165, 1.54) is 7.11 Å². The van der Waals surface area contributed by atoms with Gasteiger partial charge in [-0.2, -0.15) is 0 Å². The number of ether oxygens (including phenoxy) is 2. The van der Waals surface area contributed by atoms with Crippen molar-refractivity contribution in [3.05, 3.63) is 0 Å². The molecule has 0 bridgehead atoms. The molecule has 0 unspecified atom stereocenters. The first-order valence-corrected chi connectivity index (χ1v) is 6.33. The van der Waals surface area contributed by atoms with Crippen molar-refractivity contribution >= 4 is 17.8 Å². The Labute approximate surface area is 112 Å². The molecule has 0 aromatic rings. The van der Waals surface area contributed by atoms with Crippen LogP contribution in [0.2, 0.25) is 0 Å². The summed E-state index contributed by atoms with van der Waals surface area (Å²) in [6.07, 6.45) is 1.43. The molecule has 0 saturated heterocycles. The molecular weight excluding hydrogens is 250 g/mol. The van der Waals surface area contributed by atoms with Gasteiger partial charge in [0.2, 0.25) is 5.91 Å². The smallest absolute Gasteiger partial charge is 0.328 e. The summed E-state index contributed by atoms with van der Waals surface area (Å²) in [5.41, 5.74) is -0.627. The lowest BCUT2D eigenvalue weighted by Crippen LogP contribution is -2.44. The molecule has 1 rings (SSSR count). The zero-order chi connectivity index (χ0) is 14.6. The Morgan fingerprint density at radius 3 is 2.26 bits per heavy atom. The third-order valence-corrected chi connectivity index (χ3v) is 2.54. The van der Waals surface area contributed by atoms with Crippen molar-refractivity contribution in [2.75, 3.05) is 7.11 Å². The number of rotatable bonds is 5. The molecule has 0 radical (unpaired) electrons. The van der Waals surface area contributed by atoms with Gasteiger partial charge >= 0.3 is 11.9 Å². The number of hydrogen-bond donors (Lipinski definition) is 1. The maximum Gasteiger partial charge on any atom is 0.328 e. The van der Waals surface area contributed by atoms with Crippen LogP contribution in [-0.4, -0.2) is 36.6 Å². The molecule has 19 heavy (non-hydrogen) atoms. The minimum absolute atomic E-state index is 0.0363. The monoisotopic (exact) mass is 271 g/mol. The van der Waals surface area contributed by atoms with Crippen LogP contribution < -0.4 is 5.32 Å². The van der Waals surface area contributed by atoms with Crippen LogP contribution in [0.25, 0.3) is 0 Å². The molecule has 0 aliphatic heterocycles. The number of amides is 1. The molecule has 6 nitrogen and oxygen atoms in total. The fourth-order valence-corrected chi connectivity index (χ4v) is 1.52. The number of hydrogen-bond acceptors (Lipinski definition) is 5. The zero-order valence-corrected chi connectivity index (χ0v) is 11.8. The molecule has 0 spiro atoms. The molecule has 1 atom stereocenters. The van der Waals surface area contributed by atoms with Gasteiger partial charge < -0.3 is 14.8 Å². The van der Waals surface area contributed by atoms with Gasteiger partial charge in [-0.1, -0.05) is 0 Å². The lowest BCUT2D eigenvalue weighted by molar-refractivity contribution is -0.159. The van der Waals surface area contributed by atoms with Gasteiger partial charge in [-0.05, 0) is 33.6 Å². The van der Waals surface area contributed by atoms with Gasteiger partial charge in [0.25, 0.3) is 0 Å². The summed E-state index contributed by atoms with van der Waals surface area (Å²) in [6.45, 7) is 5.21. The Bertz CT molecular complexity index is 368. The van der Waals surface area contributed by atoms with Crippen LogP contribution in [0.3, 0.4) is 0 Å². The van der Waals surface area contributed by atoms with E-state index in [-0.39, 0.29) is 18.2 Å². The standard InChI is InChI=1S/C13H21NO5/c1-13(2,3)19-10(15)7-9(12(17)18-4)14-11(16)8-5-6-8/h8-9H,5-7H2,1-4H3,(H,14,16)/t9-/m0/s1. The van der Waals surface area contributed by atoms with Crippen molar-refractivity contribution in [1.82, 2.24) is 5.32 Å². The molecule has 1 amide bonds. The van der Waals surface area contributed by atoms with E-state index in [2.05, 4.69) is 10.1 Å². The van der Waals surface area contributed by atoms with Crippen molar-refractivity contribution in [1.29, 1.82) is 0 Å². The molecule has 1 aliphatic carbocycles. The predicted molar refractivity (Wildman–Crippen MR) is 67.1 cm³/mol. The molecule has 6 heteroatoms. The summed E-state index contributed by atoms with van der Waals surface area (Å²) in [5, 5.41) is 2.53. The van der Waals surface area contributed by atoms with Gasteiger partial charge in [-0.3, -0.25) is 9.59 Å². The number of esters is 2. The van der Waals surface area contributed by atoms with Gasteiger partial charge in [0.15, 0.2) is 0 Å². The van der Waals surface area contributed by atoms with E-state index in [9.17, 15) is 14.4 Å². The molecule has 1 N–H and O–H groups in total. The quantitative estimate of drug-likeness (QED) is 0.747. The number of carbonyl (C=O) groups is 3. The number of nitrogens with one attached hydrogen (secondary N) is 1. The van der Waals surface area contributed by atoms with Crippen molar-refractivity contribution in [2.45, 2.75) is 51.7 Å². The predicted octanol–water partition coefficient (Wildman–Crippen LogP) is 0.786. The maximum atomic E-state index is 11.7. The molecular formula is C13H21NO5. The lowest BCUT2D eigenvalue weighted by atomic mass is 10.1. The van der Waals surface area contributed by atoms with Crippen LogP contribution in [0.15, 0.2) is 0 Å². The van der Waals surface area contributed by atoms with Crippen molar-refractivity contribution in [3.63, 3.8) is 0 Å². The second-order valence-corrected chi connectivity index (χ2v) is 5.65. The van der Waals surface area contributed by atoms with E-state index in [4.69, 9.17) is 4.74 Å². The summed E-state index contributed by atoms with van der Waals surface area (Å²) in [5.74, 6) is -1.43. The van der Waals surface area contributed by atoms with Gasteiger partial charge in [0, 0.05) is 5.92 Å². The summed E-state index contributed by atoms with van der Waals surface area (Å²) in [6, 6.07) is -0.979. The van der Waals surface area contributed by atoms with Crippen molar-refractivity contribution < 1.29 is 23.9 Å². The number of carbonyl (C=O) groups excluding carboxylic acids is 3. The van der Waals surface area contributed by atoms with Crippen LogP contribution in [0.4, 0.5) is 0 Å². The van der Waals surface area contributed by atoms with Crippen LogP contribution in [0.1, 0.15) is 40.0 Å². The normalized spacial score (nSPS) is 16.4. The Morgan fingerprint density at radius 1 is 1.26 bits per heavy atom.